The number of hydrogen-bond donors (Lipinski definition) is 1. The van der Waals surface area contributed by atoms with Gasteiger partial charge in [0.05, 0.1) is 24.1 Å². The van der Waals surface area contributed by atoms with Gasteiger partial charge in [-0.2, -0.15) is 0 Å². The van der Waals surface area contributed by atoms with Crippen LogP contribution in [0.15, 0.2) is 52.1 Å². The van der Waals surface area contributed by atoms with Crippen molar-refractivity contribution < 1.29 is 9.21 Å². The van der Waals surface area contributed by atoms with Crippen LogP contribution in [0.5, 0.6) is 0 Å². The predicted molar refractivity (Wildman–Crippen MR) is 143 cm³/mol. The second kappa shape index (κ2) is 9.70. The molecule has 0 fully saturated rings. The molecule has 0 saturated carbocycles. The number of thiophene rings is 1. The van der Waals surface area contributed by atoms with E-state index >= 15 is 0 Å². The van der Waals surface area contributed by atoms with Crippen LogP contribution in [0.4, 0.5) is 5.00 Å². The van der Waals surface area contributed by atoms with Gasteiger partial charge >= 0.3 is 0 Å². The summed E-state index contributed by atoms with van der Waals surface area (Å²) in [5, 5.41) is 3.83. The molecule has 5 nitrogen and oxygen atoms in total. The maximum Gasteiger partial charge on any atom is 0.255 e. The number of carbonyl (C=O) groups excluding carboxylic acids is 1. The Balaban J connectivity index is 1.49. The predicted octanol–water partition coefficient (Wildman–Crippen LogP) is 6.92. The van der Waals surface area contributed by atoms with Gasteiger partial charge in [-0.3, -0.25) is 4.79 Å². The quantitative estimate of drug-likeness (QED) is 0.301. The van der Waals surface area contributed by atoms with Gasteiger partial charge in [0.2, 0.25) is 0 Å². The van der Waals surface area contributed by atoms with E-state index in [0.29, 0.717) is 6.54 Å². The lowest BCUT2D eigenvalue weighted by molar-refractivity contribution is 0.0948. The summed E-state index contributed by atoms with van der Waals surface area (Å²) in [5.41, 5.74) is 9.01. The maximum absolute atomic E-state index is 13.3. The lowest BCUT2D eigenvalue weighted by Gasteiger charge is -2.15. The number of furan rings is 1. The molecule has 4 aromatic rings. The van der Waals surface area contributed by atoms with Crippen LogP contribution in [0.2, 0.25) is 0 Å². The molecule has 35 heavy (non-hydrogen) atoms. The molecule has 0 unspecified atom stereocenters. The third-order valence-corrected chi connectivity index (χ3v) is 8.04. The third kappa shape index (κ3) is 4.50. The molecular formula is C29H31N3O2S. The Morgan fingerprint density at radius 2 is 1.89 bits per heavy atom. The second-order valence-electron chi connectivity index (χ2n) is 9.31. The first-order chi connectivity index (χ1) is 16.9. The van der Waals surface area contributed by atoms with Gasteiger partial charge in [0.1, 0.15) is 10.8 Å². The topological polar surface area (TPSA) is 59.5 Å². The first kappa shape index (κ1) is 23.4. The van der Waals surface area contributed by atoms with Crippen LogP contribution < -0.4 is 5.32 Å². The Labute approximate surface area is 210 Å². The molecule has 1 N–H and O–H groups in total. The second-order valence-corrected chi connectivity index (χ2v) is 10.4. The first-order valence-electron chi connectivity index (χ1n) is 12.2. The Bertz CT molecular complexity index is 1390. The number of nitrogens with one attached hydrogen (secondary N) is 1. The number of aliphatic imine (C=N–C) groups is 1. The number of benzene rings is 1. The zero-order valence-corrected chi connectivity index (χ0v) is 21.6. The van der Waals surface area contributed by atoms with Gasteiger partial charge in [-0.15, -0.1) is 11.3 Å². The van der Waals surface area contributed by atoms with Crippen molar-refractivity contribution in [1.82, 2.24) is 9.88 Å². The Morgan fingerprint density at radius 3 is 2.63 bits per heavy atom. The van der Waals surface area contributed by atoms with Crippen molar-refractivity contribution >= 4 is 28.5 Å². The van der Waals surface area contributed by atoms with Crippen LogP contribution in [-0.2, 0) is 19.4 Å². The number of rotatable bonds is 6. The highest BCUT2D eigenvalue weighted by atomic mass is 32.1. The molecule has 0 saturated heterocycles. The molecule has 3 aromatic heterocycles. The third-order valence-electron chi connectivity index (χ3n) is 6.84. The number of carbonyl (C=O) groups is 1. The fourth-order valence-electron chi connectivity index (χ4n) is 5.09. The zero-order chi connectivity index (χ0) is 24.5. The molecule has 3 heterocycles. The summed E-state index contributed by atoms with van der Waals surface area (Å²) in [5.74, 6) is 0.667. The summed E-state index contributed by atoms with van der Waals surface area (Å²) < 4.78 is 7.69. The maximum atomic E-state index is 13.3. The monoisotopic (exact) mass is 485 g/mol. The van der Waals surface area contributed by atoms with Crippen molar-refractivity contribution in [2.45, 2.75) is 59.9 Å². The summed E-state index contributed by atoms with van der Waals surface area (Å²) in [4.78, 5) is 19.5. The van der Waals surface area contributed by atoms with Crippen LogP contribution in [-0.4, -0.2) is 16.7 Å². The van der Waals surface area contributed by atoms with Gasteiger partial charge in [0, 0.05) is 28.0 Å². The molecule has 1 aliphatic carbocycles. The molecule has 1 amide bonds. The van der Waals surface area contributed by atoms with Gasteiger partial charge in [-0.25, -0.2) is 4.99 Å². The van der Waals surface area contributed by atoms with Crippen LogP contribution >= 0.6 is 11.3 Å². The SMILES string of the molecule is Cc1cccc(C)c1-n1c(C)cc(C=Nc2sc3c(c2C(=O)NCc2ccco2)CCCC3)c1C. The molecular weight excluding hydrogens is 454 g/mol. The number of aromatic nitrogens is 1. The highest BCUT2D eigenvalue weighted by Gasteiger charge is 2.25. The molecule has 5 rings (SSSR count). The van der Waals surface area contributed by atoms with Crippen molar-refractivity contribution in [3.8, 4) is 5.69 Å². The summed E-state index contributed by atoms with van der Waals surface area (Å²) in [6.07, 6.45) is 7.79. The highest BCUT2D eigenvalue weighted by molar-refractivity contribution is 7.16. The summed E-state index contributed by atoms with van der Waals surface area (Å²) >= 11 is 1.66. The molecule has 180 valence electrons. The minimum Gasteiger partial charge on any atom is -0.467 e. The largest absolute Gasteiger partial charge is 0.467 e. The number of para-hydroxylation sites is 1. The van der Waals surface area contributed by atoms with Gasteiger partial charge in [0.25, 0.3) is 5.91 Å². The lowest BCUT2D eigenvalue weighted by Crippen LogP contribution is -2.23. The first-order valence-corrected chi connectivity index (χ1v) is 13.0. The van der Waals surface area contributed by atoms with Gasteiger partial charge < -0.3 is 14.3 Å². The van der Waals surface area contributed by atoms with Crippen LogP contribution in [0, 0.1) is 27.7 Å². The van der Waals surface area contributed by atoms with Crippen LogP contribution in [0.25, 0.3) is 5.69 Å². The fraction of sp³-hybridized carbons (Fsp3) is 0.310. The van der Waals surface area contributed by atoms with Gasteiger partial charge in [-0.1, -0.05) is 18.2 Å². The Kier molecular flexibility index (Phi) is 6.48. The molecule has 0 bridgehead atoms. The van der Waals surface area contributed by atoms with E-state index in [1.54, 1.807) is 17.6 Å². The molecule has 0 atom stereocenters. The molecule has 6 heteroatoms. The van der Waals surface area contributed by atoms with E-state index in [2.05, 4.69) is 61.8 Å². The summed E-state index contributed by atoms with van der Waals surface area (Å²) in [6, 6.07) is 12.3. The van der Waals surface area contributed by atoms with E-state index in [0.717, 1.165) is 46.8 Å². The summed E-state index contributed by atoms with van der Waals surface area (Å²) in [7, 11) is 0. The Hall–Kier alpha value is -3.38. The summed E-state index contributed by atoms with van der Waals surface area (Å²) in [6.45, 7) is 8.94. The molecule has 0 aliphatic heterocycles. The van der Waals surface area contributed by atoms with E-state index in [-0.39, 0.29) is 5.91 Å². The van der Waals surface area contributed by atoms with E-state index in [1.165, 1.54) is 39.4 Å². The Morgan fingerprint density at radius 1 is 1.11 bits per heavy atom. The highest BCUT2D eigenvalue weighted by Crippen LogP contribution is 2.40. The van der Waals surface area contributed by atoms with E-state index in [9.17, 15) is 4.79 Å². The molecule has 0 spiro atoms. The minimum absolute atomic E-state index is 0.0750. The van der Waals surface area contributed by atoms with Gasteiger partial charge in [-0.05, 0) is 88.3 Å². The minimum atomic E-state index is -0.0750. The van der Waals surface area contributed by atoms with Crippen molar-refractivity contribution in [2.75, 3.05) is 0 Å². The number of nitrogens with zero attached hydrogens (tertiary/aromatic N) is 2. The molecule has 1 aromatic carbocycles. The number of amides is 1. The average Bonchev–Trinajstić information content (AvgIpc) is 3.55. The van der Waals surface area contributed by atoms with Crippen molar-refractivity contribution in [1.29, 1.82) is 0 Å². The zero-order valence-electron chi connectivity index (χ0n) is 20.8. The average molecular weight is 486 g/mol. The van der Waals surface area contributed by atoms with Crippen molar-refractivity contribution in [2.24, 2.45) is 4.99 Å². The van der Waals surface area contributed by atoms with Crippen molar-refractivity contribution in [3.63, 3.8) is 0 Å². The smallest absolute Gasteiger partial charge is 0.255 e. The van der Waals surface area contributed by atoms with E-state index in [4.69, 9.17) is 9.41 Å². The van der Waals surface area contributed by atoms with Crippen molar-refractivity contribution in [3.05, 3.63) is 92.5 Å². The van der Waals surface area contributed by atoms with Crippen LogP contribution in [0.3, 0.4) is 0 Å². The number of hydrogen-bond acceptors (Lipinski definition) is 4. The standard InChI is InChI=1S/C29H31N3O2S/c1-18-9-7-10-19(2)27(18)32-20(3)15-22(21(32)4)16-31-29-26(24-12-5-6-13-25(24)35-29)28(33)30-17-23-11-8-14-34-23/h7-11,14-16H,5-6,12-13,17H2,1-4H3,(H,30,33). The normalized spacial score (nSPS) is 13.4. The van der Waals surface area contributed by atoms with E-state index in [1.807, 2.05) is 18.3 Å². The lowest BCUT2D eigenvalue weighted by atomic mass is 9.95. The van der Waals surface area contributed by atoms with Gasteiger partial charge in [0.15, 0.2) is 0 Å². The number of fused-ring (bicyclic) bond motifs is 1. The molecule has 0 radical (unpaired) electrons. The van der Waals surface area contributed by atoms with E-state index < -0.39 is 0 Å². The molecule has 1 aliphatic rings. The fourth-order valence-corrected chi connectivity index (χ4v) is 6.32. The van der Waals surface area contributed by atoms with Crippen LogP contribution in [0.1, 0.15) is 67.5 Å². The number of aryl methyl sites for hydroxylation is 4.